The fraction of sp³-hybridized carbons (Fsp3) is 0.308. The van der Waals surface area contributed by atoms with Crippen molar-refractivity contribution < 1.29 is 4.74 Å². The van der Waals surface area contributed by atoms with Crippen molar-refractivity contribution in [3.8, 4) is 6.01 Å². The third kappa shape index (κ3) is 3.86. The molecule has 0 spiro atoms. The third-order valence-electron chi connectivity index (χ3n) is 2.80. The molecule has 0 saturated heterocycles. The van der Waals surface area contributed by atoms with E-state index in [1.165, 1.54) is 7.11 Å². The minimum Gasteiger partial charge on any atom is -0.467 e. The Hall–Kier alpha value is -1.79. The highest BCUT2D eigenvalue weighted by molar-refractivity contribution is 6.35. The van der Waals surface area contributed by atoms with Crippen molar-refractivity contribution in [3.63, 3.8) is 0 Å². The molecule has 1 heterocycles. The average Bonchev–Trinajstić information content (AvgIpc) is 2.46. The zero-order chi connectivity index (χ0) is 15.4. The first-order valence-electron chi connectivity index (χ1n) is 6.22. The van der Waals surface area contributed by atoms with Crippen molar-refractivity contribution in [1.82, 2.24) is 15.0 Å². The average molecular weight is 328 g/mol. The highest BCUT2D eigenvalue weighted by atomic mass is 35.5. The number of anilines is 2. The van der Waals surface area contributed by atoms with Gasteiger partial charge in [-0.1, -0.05) is 29.3 Å². The first-order valence-corrected chi connectivity index (χ1v) is 6.98. The molecule has 1 unspecified atom stereocenters. The van der Waals surface area contributed by atoms with Gasteiger partial charge in [0.05, 0.1) is 13.2 Å². The molecule has 8 heteroatoms. The van der Waals surface area contributed by atoms with Crippen LogP contribution in [0.25, 0.3) is 0 Å². The quantitative estimate of drug-likeness (QED) is 0.876. The van der Waals surface area contributed by atoms with E-state index >= 15 is 0 Å². The third-order valence-corrected chi connectivity index (χ3v) is 3.36. The van der Waals surface area contributed by atoms with Gasteiger partial charge in [0.2, 0.25) is 11.9 Å². The van der Waals surface area contributed by atoms with Crippen molar-refractivity contribution in [3.05, 3.63) is 33.8 Å². The first kappa shape index (κ1) is 15.6. The van der Waals surface area contributed by atoms with Crippen molar-refractivity contribution in [1.29, 1.82) is 0 Å². The van der Waals surface area contributed by atoms with Crippen LogP contribution in [0.4, 0.5) is 11.9 Å². The summed E-state index contributed by atoms with van der Waals surface area (Å²) < 4.78 is 5.04. The van der Waals surface area contributed by atoms with Crippen LogP contribution in [0, 0.1) is 0 Å². The van der Waals surface area contributed by atoms with Crippen molar-refractivity contribution >= 4 is 35.1 Å². The van der Waals surface area contributed by atoms with Crippen LogP contribution < -0.4 is 15.4 Å². The summed E-state index contributed by atoms with van der Waals surface area (Å²) >= 11 is 12.1. The van der Waals surface area contributed by atoms with Gasteiger partial charge in [-0.15, -0.1) is 0 Å². The molecule has 2 rings (SSSR count). The van der Waals surface area contributed by atoms with Crippen LogP contribution in [0.3, 0.4) is 0 Å². The number of aromatic nitrogens is 3. The molecule has 112 valence electrons. The Morgan fingerprint density at radius 3 is 2.48 bits per heavy atom. The minimum atomic E-state index is -0.105. The van der Waals surface area contributed by atoms with Gasteiger partial charge in [-0.2, -0.15) is 15.0 Å². The number of hydrogen-bond acceptors (Lipinski definition) is 6. The summed E-state index contributed by atoms with van der Waals surface area (Å²) in [5.74, 6) is 0.809. The van der Waals surface area contributed by atoms with Crippen molar-refractivity contribution in [2.24, 2.45) is 0 Å². The molecule has 1 atom stereocenters. The molecule has 0 radical (unpaired) electrons. The first-order chi connectivity index (χ1) is 10.0. The zero-order valence-electron chi connectivity index (χ0n) is 11.8. The molecular formula is C13H15Cl2N5O. The van der Waals surface area contributed by atoms with Gasteiger partial charge >= 0.3 is 6.01 Å². The molecule has 0 aliphatic carbocycles. The lowest BCUT2D eigenvalue weighted by Gasteiger charge is -2.16. The standard InChI is InChI=1S/C13H15Cl2N5O/c1-7(9-5-4-8(14)6-10(9)15)17-12-18-11(16-2)19-13(20-12)21-3/h4-7H,1-3H3,(H2,16,17,18,19,20). The van der Waals surface area contributed by atoms with Gasteiger partial charge in [0.1, 0.15) is 0 Å². The number of rotatable bonds is 5. The highest BCUT2D eigenvalue weighted by Gasteiger charge is 2.13. The zero-order valence-corrected chi connectivity index (χ0v) is 13.3. The maximum atomic E-state index is 6.19. The summed E-state index contributed by atoms with van der Waals surface area (Å²) in [7, 11) is 3.22. The van der Waals surface area contributed by atoms with Gasteiger partial charge in [0.15, 0.2) is 0 Å². The fourth-order valence-electron chi connectivity index (χ4n) is 1.75. The van der Waals surface area contributed by atoms with E-state index in [1.807, 2.05) is 13.0 Å². The summed E-state index contributed by atoms with van der Waals surface area (Å²) in [5.41, 5.74) is 0.895. The van der Waals surface area contributed by atoms with Crippen molar-refractivity contribution in [2.45, 2.75) is 13.0 Å². The summed E-state index contributed by atoms with van der Waals surface area (Å²) in [6, 6.07) is 5.47. The van der Waals surface area contributed by atoms with Crippen LogP contribution in [0.5, 0.6) is 6.01 Å². The Labute approximate surface area is 132 Å². The number of ether oxygens (including phenoxy) is 1. The van der Waals surface area contributed by atoms with Gasteiger partial charge in [0.25, 0.3) is 0 Å². The SMILES string of the molecule is CNc1nc(NC(C)c2ccc(Cl)cc2Cl)nc(OC)n1. The molecule has 0 aliphatic heterocycles. The van der Waals surface area contributed by atoms with Crippen LogP contribution in [-0.2, 0) is 0 Å². The van der Waals surface area contributed by atoms with E-state index in [-0.39, 0.29) is 12.1 Å². The van der Waals surface area contributed by atoms with Crippen LogP contribution in [-0.4, -0.2) is 29.1 Å². The molecule has 0 bridgehead atoms. The summed E-state index contributed by atoms with van der Waals surface area (Å²) in [4.78, 5) is 12.4. The predicted octanol–water partition coefficient (Wildman–Crippen LogP) is 3.40. The smallest absolute Gasteiger partial charge is 0.322 e. The van der Waals surface area contributed by atoms with Crippen LogP contribution >= 0.6 is 23.2 Å². The molecule has 6 nitrogen and oxygen atoms in total. The molecule has 1 aromatic carbocycles. The van der Waals surface area contributed by atoms with Gasteiger partial charge in [-0.25, -0.2) is 0 Å². The Morgan fingerprint density at radius 2 is 1.86 bits per heavy atom. The predicted molar refractivity (Wildman–Crippen MR) is 84.4 cm³/mol. The second-order valence-electron chi connectivity index (χ2n) is 4.25. The molecule has 21 heavy (non-hydrogen) atoms. The Morgan fingerprint density at radius 1 is 1.14 bits per heavy atom. The topological polar surface area (TPSA) is 72.0 Å². The highest BCUT2D eigenvalue weighted by Crippen LogP contribution is 2.28. The van der Waals surface area contributed by atoms with E-state index in [0.717, 1.165) is 5.56 Å². The lowest BCUT2D eigenvalue weighted by atomic mass is 10.1. The molecule has 2 N–H and O–H groups in total. The molecule has 0 saturated carbocycles. The molecule has 0 amide bonds. The van der Waals surface area contributed by atoms with E-state index in [4.69, 9.17) is 27.9 Å². The number of benzene rings is 1. The summed E-state index contributed by atoms with van der Waals surface area (Å²) in [6.45, 7) is 1.95. The number of nitrogens with one attached hydrogen (secondary N) is 2. The largest absolute Gasteiger partial charge is 0.467 e. The number of methoxy groups -OCH3 is 1. The number of hydrogen-bond donors (Lipinski definition) is 2. The van der Waals surface area contributed by atoms with Crippen molar-refractivity contribution in [2.75, 3.05) is 24.8 Å². The molecule has 0 aliphatic rings. The summed E-state index contributed by atoms with van der Waals surface area (Å²) in [6.07, 6.45) is 0. The number of halogens is 2. The minimum absolute atomic E-state index is 0.105. The number of nitrogens with zero attached hydrogens (tertiary/aromatic N) is 3. The second-order valence-corrected chi connectivity index (χ2v) is 5.09. The van der Waals surface area contributed by atoms with Crippen LogP contribution in [0.1, 0.15) is 18.5 Å². The van der Waals surface area contributed by atoms with E-state index in [0.29, 0.717) is 21.9 Å². The Balaban J connectivity index is 2.24. The molecular weight excluding hydrogens is 313 g/mol. The molecule has 1 aromatic heterocycles. The van der Waals surface area contributed by atoms with Crippen LogP contribution in [0.2, 0.25) is 10.0 Å². The Kier molecular flexibility index (Phi) is 5.03. The Bertz CT molecular complexity index is 616. The van der Waals surface area contributed by atoms with Gasteiger partial charge in [-0.05, 0) is 24.6 Å². The van der Waals surface area contributed by atoms with Gasteiger partial charge in [-0.3, -0.25) is 0 Å². The van der Waals surface area contributed by atoms with E-state index in [9.17, 15) is 0 Å². The molecule has 2 aromatic rings. The lowest BCUT2D eigenvalue weighted by molar-refractivity contribution is 0.379. The lowest BCUT2D eigenvalue weighted by Crippen LogP contribution is -2.12. The maximum Gasteiger partial charge on any atom is 0.322 e. The van der Waals surface area contributed by atoms with Gasteiger partial charge < -0.3 is 15.4 Å². The molecule has 0 fully saturated rings. The fourth-order valence-corrected chi connectivity index (χ4v) is 2.32. The normalized spacial score (nSPS) is 11.9. The maximum absolute atomic E-state index is 6.19. The summed E-state index contributed by atoms with van der Waals surface area (Å²) in [5, 5.41) is 7.18. The van der Waals surface area contributed by atoms with Gasteiger partial charge in [0, 0.05) is 17.1 Å². The van der Waals surface area contributed by atoms with Crippen LogP contribution in [0.15, 0.2) is 18.2 Å². The monoisotopic (exact) mass is 327 g/mol. The van der Waals surface area contributed by atoms with E-state index < -0.39 is 0 Å². The van der Waals surface area contributed by atoms with E-state index in [2.05, 4.69) is 25.6 Å². The second kappa shape index (κ2) is 6.78. The van der Waals surface area contributed by atoms with E-state index in [1.54, 1.807) is 19.2 Å².